The summed E-state index contributed by atoms with van der Waals surface area (Å²) in [6, 6.07) is 1.87. The summed E-state index contributed by atoms with van der Waals surface area (Å²) in [5, 5.41) is 44.0. The zero-order chi connectivity index (χ0) is 18.3. The van der Waals surface area contributed by atoms with Crippen molar-refractivity contribution in [2.75, 3.05) is 11.9 Å². The molecule has 0 amide bonds. The number of rotatable bonds is 10. The van der Waals surface area contributed by atoms with Gasteiger partial charge in [-0.2, -0.15) is 0 Å². The molecule has 12 heteroatoms. The lowest BCUT2D eigenvalue weighted by Gasteiger charge is -2.07. The minimum atomic E-state index is -1.18. The second-order valence-electron chi connectivity index (χ2n) is 4.73. The Kier molecular flexibility index (Phi) is 6.52. The number of nitro groups is 3. The van der Waals surface area contributed by atoms with Gasteiger partial charge < -0.3 is 10.4 Å². The number of carbonyl (C=O) groups is 1. The number of nitro benzene ring substituents is 3. The van der Waals surface area contributed by atoms with E-state index in [2.05, 4.69) is 5.32 Å². The van der Waals surface area contributed by atoms with Gasteiger partial charge in [0.1, 0.15) is 5.69 Å². The smallest absolute Gasteiger partial charge is 0.424 e. The molecule has 0 aliphatic heterocycles. The van der Waals surface area contributed by atoms with Crippen LogP contribution in [0.1, 0.15) is 25.7 Å². The van der Waals surface area contributed by atoms with Crippen LogP contribution in [0.15, 0.2) is 12.1 Å². The number of hydrogen-bond acceptors (Lipinski definition) is 8. The predicted molar refractivity (Wildman–Crippen MR) is 81.0 cm³/mol. The van der Waals surface area contributed by atoms with Crippen molar-refractivity contribution in [3.05, 3.63) is 42.5 Å². The van der Waals surface area contributed by atoms with Crippen LogP contribution in [0.3, 0.4) is 0 Å². The fourth-order valence-corrected chi connectivity index (χ4v) is 2.02. The maximum atomic E-state index is 11.1. The summed E-state index contributed by atoms with van der Waals surface area (Å²) in [5.74, 6) is -0.926. The molecule has 0 aliphatic carbocycles. The Morgan fingerprint density at radius 1 is 0.958 bits per heavy atom. The molecule has 0 heterocycles. The predicted octanol–water partition coefficient (Wildman–Crippen LogP) is 2.47. The van der Waals surface area contributed by atoms with Gasteiger partial charge in [-0.3, -0.25) is 35.1 Å². The van der Waals surface area contributed by atoms with Gasteiger partial charge in [0.25, 0.3) is 0 Å². The number of nitrogens with zero attached hydrogens (tertiary/aromatic N) is 3. The molecule has 0 unspecified atom stereocenters. The summed E-state index contributed by atoms with van der Waals surface area (Å²) < 4.78 is 0. The lowest BCUT2D eigenvalue weighted by Crippen LogP contribution is -2.08. The molecule has 0 spiro atoms. The van der Waals surface area contributed by atoms with E-state index in [1.807, 2.05) is 0 Å². The van der Waals surface area contributed by atoms with Crippen LogP contribution in [0.4, 0.5) is 22.7 Å². The Morgan fingerprint density at radius 3 is 2.08 bits per heavy atom. The first kappa shape index (κ1) is 18.7. The van der Waals surface area contributed by atoms with Crippen LogP contribution in [0.5, 0.6) is 0 Å². The first-order valence-electron chi connectivity index (χ1n) is 6.81. The fourth-order valence-electron chi connectivity index (χ4n) is 2.02. The van der Waals surface area contributed by atoms with E-state index in [1.54, 1.807) is 0 Å². The second kappa shape index (κ2) is 8.36. The second-order valence-corrected chi connectivity index (χ2v) is 4.73. The van der Waals surface area contributed by atoms with Gasteiger partial charge in [0.2, 0.25) is 0 Å². The summed E-state index contributed by atoms with van der Waals surface area (Å²) in [5.41, 5.74) is -3.31. The number of hydrogen-bond donors (Lipinski definition) is 2. The van der Waals surface area contributed by atoms with Crippen molar-refractivity contribution in [3.8, 4) is 0 Å². The molecule has 1 aromatic carbocycles. The number of unbranched alkanes of at least 4 members (excludes halogenated alkanes) is 2. The van der Waals surface area contributed by atoms with E-state index in [0.29, 0.717) is 19.3 Å². The van der Waals surface area contributed by atoms with Gasteiger partial charge in [-0.25, -0.2) is 0 Å². The fraction of sp³-hybridized carbons (Fsp3) is 0.417. The Bertz CT molecular complexity index is 675. The van der Waals surface area contributed by atoms with Crippen LogP contribution in [0.25, 0.3) is 0 Å². The van der Waals surface area contributed by atoms with Crippen LogP contribution in [0.2, 0.25) is 0 Å². The molecule has 0 bridgehead atoms. The third-order valence-corrected chi connectivity index (χ3v) is 3.07. The molecule has 0 radical (unpaired) electrons. The van der Waals surface area contributed by atoms with E-state index in [-0.39, 0.29) is 18.7 Å². The van der Waals surface area contributed by atoms with Gasteiger partial charge in [-0.15, -0.1) is 0 Å². The average Bonchev–Trinajstić information content (AvgIpc) is 2.48. The van der Waals surface area contributed by atoms with Crippen molar-refractivity contribution in [2.45, 2.75) is 25.7 Å². The van der Waals surface area contributed by atoms with E-state index in [1.165, 1.54) is 0 Å². The highest BCUT2D eigenvalue weighted by molar-refractivity contribution is 5.78. The Morgan fingerprint density at radius 2 is 1.58 bits per heavy atom. The summed E-state index contributed by atoms with van der Waals surface area (Å²) in [4.78, 5) is 40.0. The zero-order valence-corrected chi connectivity index (χ0v) is 12.3. The van der Waals surface area contributed by atoms with Gasteiger partial charge in [-0.05, 0) is 18.9 Å². The molecule has 0 aromatic heterocycles. The minimum Gasteiger partial charge on any atom is -0.481 e. The summed E-state index contributed by atoms with van der Waals surface area (Å²) in [6.07, 6.45) is 1.46. The molecule has 0 saturated heterocycles. The maximum Gasteiger partial charge on any atom is 0.424 e. The van der Waals surface area contributed by atoms with E-state index < -0.39 is 37.8 Å². The molecule has 0 fully saturated rings. The molecule has 0 atom stereocenters. The molecular formula is C12H14N4O8. The SMILES string of the molecule is O=C(O)CCCCCNc1ccc([N+](=O)[O-])c([N+](=O)[O-])c1[N+](=O)[O-]. The molecule has 12 nitrogen and oxygen atoms in total. The van der Waals surface area contributed by atoms with Gasteiger partial charge in [0.15, 0.2) is 0 Å². The topological polar surface area (TPSA) is 179 Å². The number of carboxylic acid groups (broad SMARTS) is 1. The first-order valence-corrected chi connectivity index (χ1v) is 6.81. The highest BCUT2D eigenvalue weighted by Crippen LogP contribution is 2.41. The largest absolute Gasteiger partial charge is 0.481 e. The molecule has 0 saturated carbocycles. The van der Waals surface area contributed by atoms with E-state index in [9.17, 15) is 35.1 Å². The van der Waals surface area contributed by atoms with Crippen LogP contribution in [0, 0.1) is 30.3 Å². The summed E-state index contributed by atoms with van der Waals surface area (Å²) in [6.45, 7) is 0.204. The average molecular weight is 342 g/mol. The van der Waals surface area contributed by atoms with Crippen LogP contribution in [-0.4, -0.2) is 32.4 Å². The molecule has 1 rings (SSSR count). The molecule has 0 aliphatic rings. The third kappa shape index (κ3) is 4.86. The molecule has 1 aromatic rings. The van der Waals surface area contributed by atoms with Crippen molar-refractivity contribution < 1.29 is 24.7 Å². The van der Waals surface area contributed by atoms with Crippen molar-refractivity contribution in [1.29, 1.82) is 0 Å². The number of nitrogens with one attached hydrogen (secondary N) is 1. The molecule has 130 valence electrons. The first-order chi connectivity index (χ1) is 11.3. The normalized spacial score (nSPS) is 10.2. The Balaban J connectivity index is 2.93. The lowest BCUT2D eigenvalue weighted by molar-refractivity contribution is -0.440. The number of anilines is 1. The van der Waals surface area contributed by atoms with Crippen molar-refractivity contribution in [2.24, 2.45) is 0 Å². The van der Waals surface area contributed by atoms with Crippen molar-refractivity contribution in [3.63, 3.8) is 0 Å². The van der Waals surface area contributed by atoms with E-state index >= 15 is 0 Å². The highest BCUT2D eigenvalue weighted by Gasteiger charge is 2.38. The standard InChI is InChI=1S/C12H14N4O8/c17-10(18)4-2-1-3-7-13-8-5-6-9(14(19)20)12(16(23)24)11(8)15(21)22/h5-6,13H,1-4,7H2,(H,17,18). The lowest BCUT2D eigenvalue weighted by atomic mass is 10.1. The number of carboxylic acids is 1. The maximum absolute atomic E-state index is 11.1. The van der Waals surface area contributed by atoms with Crippen LogP contribution < -0.4 is 5.32 Å². The minimum absolute atomic E-state index is 0.00313. The van der Waals surface area contributed by atoms with Crippen molar-refractivity contribution in [1.82, 2.24) is 0 Å². The van der Waals surface area contributed by atoms with Crippen molar-refractivity contribution >= 4 is 28.7 Å². The molecular weight excluding hydrogens is 328 g/mol. The summed E-state index contributed by atoms with van der Waals surface area (Å²) >= 11 is 0. The van der Waals surface area contributed by atoms with Crippen LogP contribution >= 0.6 is 0 Å². The Hall–Kier alpha value is -3.31. The molecule has 24 heavy (non-hydrogen) atoms. The monoisotopic (exact) mass is 342 g/mol. The number of benzene rings is 1. The third-order valence-electron chi connectivity index (χ3n) is 3.07. The quantitative estimate of drug-likeness (QED) is 0.367. The van der Waals surface area contributed by atoms with Gasteiger partial charge in [0, 0.05) is 19.0 Å². The van der Waals surface area contributed by atoms with E-state index in [0.717, 1.165) is 12.1 Å². The van der Waals surface area contributed by atoms with Crippen LogP contribution in [-0.2, 0) is 4.79 Å². The van der Waals surface area contributed by atoms with Gasteiger partial charge in [0.05, 0.1) is 14.8 Å². The zero-order valence-electron chi connectivity index (χ0n) is 12.3. The Labute approximate surface area is 134 Å². The van der Waals surface area contributed by atoms with Gasteiger partial charge in [-0.1, -0.05) is 6.42 Å². The van der Waals surface area contributed by atoms with E-state index in [4.69, 9.17) is 5.11 Å². The highest BCUT2D eigenvalue weighted by atomic mass is 16.6. The van der Waals surface area contributed by atoms with Gasteiger partial charge >= 0.3 is 23.0 Å². The molecule has 2 N–H and O–H groups in total. The number of aliphatic carboxylic acids is 1. The summed E-state index contributed by atoms with van der Waals surface area (Å²) in [7, 11) is 0.